The fraction of sp³-hybridized carbons (Fsp3) is 0.938. The standard InChI is InChI=1S/C16H31N3O2/c1-18(2)10-5-11-19(3)14-6-4-9-16(12-14,15(20)21)17-13-7-8-13/h13-14,17H,4-12H2,1-3H3,(H,20,21). The van der Waals surface area contributed by atoms with Crippen LogP contribution in [0, 0.1) is 0 Å². The quantitative estimate of drug-likeness (QED) is 0.709. The largest absolute Gasteiger partial charge is 0.480 e. The number of rotatable bonds is 8. The van der Waals surface area contributed by atoms with Gasteiger partial charge in [0.15, 0.2) is 0 Å². The third kappa shape index (κ3) is 4.66. The van der Waals surface area contributed by atoms with Gasteiger partial charge in [-0.3, -0.25) is 10.1 Å². The van der Waals surface area contributed by atoms with Gasteiger partial charge in [-0.2, -0.15) is 0 Å². The van der Waals surface area contributed by atoms with E-state index in [4.69, 9.17) is 0 Å². The number of aliphatic carboxylic acids is 1. The molecule has 5 nitrogen and oxygen atoms in total. The van der Waals surface area contributed by atoms with E-state index in [1.807, 2.05) is 0 Å². The van der Waals surface area contributed by atoms with E-state index in [9.17, 15) is 9.90 Å². The van der Waals surface area contributed by atoms with Crippen LogP contribution in [0.2, 0.25) is 0 Å². The zero-order chi connectivity index (χ0) is 15.5. The number of hydrogen-bond donors (Lipinski definition) is 2. The minimum absolute atomic E-state index is 0.392. The Labute approximate surface area is 128 Å². The number of carbonyl (C=O) groups is 1. The van der Waals surface area contributed by atoms with Gasteiger partial charge in [0.1, 0.15) is 5.54 Å². The number of nitrogens with zero attached hydrogens (tertiary/aromatic N) is 2. The van der Waals surface area contributed by atoms with Gasteiger partial charge in [0, 0.05) is 12.1 Å². The normalized spacial score (nSPS) is 30.0. The van der Waals surface area contributed by atoms with E-state index < -0.39 is 11.5 Å². The number of nitrogens with one attached hydrogen (secondary N) is 1. The van der Waals surface area contributed by atoms with E-state index in [0.29, 0.717) is 12.1 Å². The van der Waals surface area contributed by atoms with Crippen LogP contribution in [0.15, 0.2) is 0 Å². The zero-order valence-corrected chi connectivity index (χ0v) is 13.8. The van der Waals surface area contributed by atoms with Crippen LogP contribution in [0.4, 0.5) is 0 Å². The van der Waals surface area contributed by atoms with Crippen LogP contribution < -0.4 is 5.32 Å². The first-order valence-corrected chi connectivity index (χ1v) is 8.29. The highest BCUT2D eigenvalue weighted by atomic mass is 16.4. The molecule has 0 radical (unpaired) electrons. The molecule has 5 heteroatoms. The van der Waals surface area contributed by atoms with Crippen LogP contribution in [-0.2, 0) is 4.79 Å². The molecule has 2 aliphatic rings. The summed E-state index contributed by atoms with van der Waals surface area (Å²) in [7, 11) is 6.33. The maximum atomic E-state index is 11.8. The summed E-state index contributed by atoms with van der Waals surface area (Å²) < 4.78 is 0. The van der Waals surface area contributed by atoms with Gasteiger partial charge < -0.3 is 14.9 Å². The van der Waals surface area contributed by atoms with Crippen molar-refractivity contribution in [2.45, 2.75) is 62.6 Å². The van der Waals surface area contributed by atoms with E-state index in [1.165, 1.54) is 0 Å². The zero-order valence-electron chi connectivity index (χ0n) is 13.8. The maximum Gasteiger partial charge on any atom is 0.323 e. The summed E-state index contributed by atoms with van der Waals surface area (Å²) in [6.45, 7) is 2.13. The summed E-state index contributed by atoms with van der Waals surface area (Å²) in [5.74, 6) is -0.652. The molecule has 21 heavy (non-hydrogen) atoms. The molecular formula is C16H31N3O2. The Kier molecular flexibility index (Phi) is 5.63. The van der Waals surface area contributed by atoms with Crippen molar-refractivity contribution in [3.05, 3.63) is 0 Å². The Hall–Kier alpha value is -0.650. The number of hydrogen-bond acceptors (Lipinski definition) is 4. The van der Waals surface area contributed by atoms with E-state index in [-0.39, 0.29) is 0 Å². The third-order valence-corrected chi connectivity index (χ3v) is 4.93. The van der Waals surface area contributed by atoms with Crippen molar-refractivity contribution in [3.8, 4) is 0 Å². The second kappa shape index (κ2) is 7.07. The summed E-state index contributed by atoms with van der Waals surface area (Å²) in [5, 5.41) is 13.2. The van der Waals surface area contributed by atoms with Crippen molar-refractivity contribution in [2.24, 2.45) is 0 Å². The predicted molar refractivity (Wildman–Crippen MR) is 84.6 cm³/mol. The third-order valence-electron chi connectivity index (χ3n) is 4.93. The highest BCUT2D eigenvalue weighted by molar-refractivity contribution is 5.79. The molecule has 0 spiro atoms. The highest BCUT2D eigenvalue weighted by Crippen LogP contribution is 2.34. The van der Waals surface area contributed by atoms with Gasteiger partial charge in [-0.15, -0.1) is 0 Å². The lowest BCUT2D eigenvalue weighted by molar-refractivity contribution is -0.147. The molecule has 0 amide bonds. The van der Waals surface area contributed by atoms with Crippen LogP contribution >= 0.6 is 0 Å². The summed E-state index contributed by atoms with van der Waals surface area (Å²) in [5.41, 5.74) is -0.681. The topological polar surface area (TPSA) is 55.8 Å². The van der Waals surface area contributed by atoms with Crippen molar-refractivity contribution in [1.82, 2.24) is 15.1 Å². The molecule has 2 rings (SSSR count). The molecule has 0 heterocycles. The lowest BCUT2D eigenvalue weighted by Crippen LogP contribution is -2.58. The molecule has 0 aromatic carbocycles. The van der Waals surface area contributed by atoms with Crippen LogP contribution in [-0.4, -0.2) is 72.7 Å². The summed E-state index contributed by atoms with van der Waals surface area (Å²) in [6.07, 6.45) is 7.07. The SMILES string of the molecule is CN(C)CCCN(C)C1CCCC(NC2CC2)(C(=O)O)C1. The molecule has 2 unspecified atom stereocenters. The lowest BCUT2D eigenvalue weighted by Gasteiger charge is -2.42. The van der Waals surface area contributed by atoms with Crippen LogP contribution in [0.25, 0.3) is 0 Å². The van der Waals surface area contributed by atoms with E-state index in [0.717, 1.165) is 58.0 Å². The molecule has 2 N–H and O–H groups in total. The molecule has 2 atom stereocenters. The first-order valence-electron chi connectivity index (χ1n) is 8.29. The Morgan fingerprint density at radius 1 is 1.24 bits per heavy atom. The highest BCUT2D eigenvalue weighted by Gasteiger charge is 2.46. The van der Waals surface area contributed by atoms with Crippen molar-refractivity contribution >= 4 is 5.97 Å². The maximum absolute atomic E-state index is 11.8. The second-order valence-corrected chi connectivity index (χ2v) is 7.19. The first kappa shape index (κ1) is 16.7. The van der Waals surface area contributed by atoms with E-state index in [2.05, 4.69) is 36.3 Å². The molecule has 0 aliphatic heterocycles. The lowest BCUT2D eigenvalue weighted by atomic mass is 9.78. The second-order valence-electron chi connectivity index (χ2n) is 7.19. The van der Waals surface area contributed by atoms with Gasteiger partial charge in [0.25, 0.3) is 0 Å². The van der Waals surface area contributed by atoms with Crippen LogP contribution in [0.1, 0.15) is 44.9 Å². The fourth-order valence-corrected chi connectivity index (χ4v) is 3.45. The van der Waals surface area contributed by atoms with Crippen molar-refractivity contribution in [3.63, 3.8) is 0 Å². The van der Waals surface area contributed by atoms with Gasteiger partial charge >= 0.3 is 5.97 Å². The Balaban J connectivity index is 1.89. The Bertz CT molecular complexity index is 357. The average Bonchev–Trinajstić information content (AvgIpc) is 3.22. The van der Waals surface area contributed by atoms with Gasteiger partial charge in [0.2, 0.25) is 0 Å². The fourth-order valence-electron chi connectivity index (χ4n) is 3.45. The van der Waals surface area contributed by atoms with E-state index >= 15 is 0 Å². The molecule has 0 aromatic rings. The summed E-state index contributed by atoms with van der Waals surface area (Å²) in [4.78, 5) is 16.4. The van der Waals surface area contributed by atoms with Crippen LogP contribution in [0.3, 0.4) is 0 Å². The van der Waals surface area contributed by atoms with Crippen LogP contribution in [0.5, 0.6) is 0 Å². The van der Waals surface area contributed by atoms with Crippen molar-refractivity contribution in [1.29, 1.82) is 0 Å². The minimum atomic E-state index is -0.681. The molecule has 122 valence electrons. The summed E-state index contributed by atoms with van der Waals surface area (Å²) in [6, 6.07) is 0.835. The predicted octanol–water partition coefficient (Wildman–Crippen LogP) is 1.39. The van der Waals surface area contributed by atoms with Gasteiger partial charge in [-0.05, 0) is 79.2 Å². The Morgan fingerprint density at radius 3 is 2.52 bits per heavy atom. The first-order chi connectivity index (χ1) is 9.93. The van der Waals surface area contributed by atoms with Gasteiger partial charge in [0.05, 0.1) is 0 Å². The monoisotopic (exact) mass is 297 g/mol. The van der Waals surface area contributed by atoms with Gasteiger partial charge in [-0.1, -0.05) is 0 Å². The molecular weight excluding hydrogens is 266 g/mol. The van der Waals surface area contributed by atoms with Crippen molar-refractivity contribution < 1.29 is 9.90 Å². The molecule has 2 aliphatic carbocycles. The smallest absolute Gasteiger partial charge is 0.323 e. The molecule has 0 bridgehead atoms. The molecule has 2 saturated carbocycles. The molecule has 0 saturated heterocycles. The Morgan fingerprint density at radius 2 is 1.95 bits per heavy atom. The number of carboxylic acids is 1. The number of carboxylic acid groups (broad SMARTS) is 1. The van der Waals surface area contributed by atoms with E-state index in [1.54, 1.807) is 0 Å². The minimum Gasteiger partial charge on any atom is -0.480 e. The van der Waals surface area contributed by atoms with Crippen molar-refractivity contribution in [2.75, 3.05) is 34.2 Å². The summed E-state index contributed by atoms with van der Waals surface area (Å²) >= 11 is 0. The molecule has 0 aromatic heterocycles. The molecule has 2 fully saturated rings. The van der Waals surface area contributed by atoms with Gasteiger partial charge in [-0.25, -0.2) is 0 Å². The average molecular weight is 297 g/mol.